The van der Waals surface area contributed by atoms with Crippen molar-refractivity contribution < 1.29 is 0 Å². The Morgan fingerprint density at radius 3 is 2.50 bits per heavy atom. The largest absolute Gasteiger partial charge is 0.315 e. The van der Waals surface area contributed by atoms with E-state index in [2.05, 4.69) is 24.5 Å². The number of rotatable bonds is 3. The average Bonchev–Trinajstić information content (AvgIpc) is 1.80. The summed E-state index contributed by atoms with van der Waals surface area (Å²) in [4.78, 5) is 0. The van der Waals surface area contributed by atoms with Gasteiger partial charge in [0.2, 0.25) is 0 Å². The molecule has 1 atom stereocenters. The average molecular weight is 142 g/mol. The van der Waals surface area contributed by atoms with Crippen LogP contribution in [0.15, 0.2) is 0 Å². The fraction of sp³-hybridized carbons (Fsp3) is 1.00. The van der Waals surface area contributed by atoms with Crippen molar-refractivity contribution in [3.8, 4) is 0 Å². The minimum absolute atomic E-state index is 0.304. The summed E-state index contributed by atoms with van der Waals surface area (Å²) in [5.74, 6) is 0. The van der Waals surface area contributed by atoms with Crippen molar-refractivity contribution in [1.29, 1.82) is 0 Å². The van der Waals surface area contributed by atoms with E-state index in [1.165, 1.54) is 19.4 Å². The van der Waals surface area contributed by atoms with Crippen LogP contribution >= 0.6 is 0 Å². The number of hydrogen-bond donors (Lipinski definition) is 2. The molecule has 1 fully saturated rings. The minimum Gasteiger partial charge on any atom is -0.315 e. The molecule has 2 nitrogen and oxygen atoms in total. The van der Waals surface area contributed by atoms with Crippen LogP contribution in [0.1, 0.15) is 26.7 Å². The van der Waals surface area contributed by atoms with Gasteiger partial charge in [-0.25, -0.2) is 0 Å². The highest BCUT2D eigenvalue weighted by molar-refractivity contribution is 4.87. The molecule has 0 aromatic carbocycles. The first-order valence-corrected chi connectivity index (χ1v) is 4.06. The summed E-state index contributed by atoms with van der Waals surface area (Å²) in [5.41, 5.74) is 0.304. The summed E-state index contributed by atoms with van der Waals surface area (Å²) in [7, 11) is 2.03. The van der Waals surface area contributed by atoms with Gasteiger partial charge in [-0.2, -0.15) is 0 Å². The third-order valence-electron chi connectivity index (χ3n) is 2.36. The van der Waals surface area contributed by atoms with E-state index in [-0.39, 0.29) is 0 Å². The Morgan fingerprint density at radius 1 is 1.60 bits per heavy atom. The minimum atomic E-state index is 0.304. The highest BCUT2D eigenvalue weighted by Gasteiger charge is 2.24. The molecule has 0 aromatic rings. The van der Waals surface area contributed by atoms with Crippen LogP contribution in [0.3, 0.4) is 0 Å². The fourth-order valence-corrected chi connectivity index (χ4v) is 1.24. The van der Waals surface area contributed by atoms with Crippen molar-refractivity contribution in [3.63, 3.8) is 0 Å². The molecule has 60 valence electrons. The first kappa shape index (κ1) is 8.02. The van der Waals surface area contributed by atoms with Crippen LogP contribution in [0.2, 0.25) is 0 Å². The Balaban J connectivity index is 2.21. The van der Waals surface area contributed by atoms with Crippen LogP contribution in [0.4, 0.5) is 0 Å². The summed E-state index contributed by atoms with van der Waals surface area (Å²) in [5, 5.41) is 6.70. The van der Waals surface area contributed by atoms with E-state index in [1.54, 1.807) is 0 Å². The molecule has 2 heteroatoms. The second kappa shape index (κ2) is 2.89. The van der Waals surface area contributed by atoms with Gasteiger partial charge in [0.05, 0.1) is 0 Å². The highest BCUT2D eigenvalue weighted by atomic mass is 15.0. The maximum atomic E-state index is 3.40. The predicted octanol–water partition coefficient (Wildman–Crippen LogP) is 0.736. The van der Waals surface area contributed by atoms with Gasteiger partial charge < -0.3 is 10.6 Å². The van der Waals surface area contributed by atoms with Gasteiger partial charge in [0.1, 0.15) is 0 Å². The SMILES string of the molecule is CNC(C)(C)CC1CCN1. The third-order valence-corrected chi connectivity index (χ3v) is 2.36. The van der Waals surface area contributed by atoms with Crippen molar-refractivity contribution in [2.45, 2.75) is 38.3 Å². The van der Waals surface area contributed by atoms with Crippen LogP contribution in [-0.4, -0.2) is 25.2 Å². The lowest BCUT2D eigenvalue weighted by Gasteiger charge is -2.35. The molecule has 0 aromatic heterocycles. The van der Waals surface area contributed by atoms with Crippen molar-refractivity contribution in [3.05, 3.63) is 0 Å². The van der Waals surface area contributed by atoms with Gasteiger partial charge in [0.25, 0.3) is 0 Å². The van der Waals surface area contributed by atoms with E-state index in [0.717, 1.165) is 6.04 Å². The topological polar surface area (TPSA) is 24.1 Å². The van der Waals surface area contributed by atoms with Gasteiger partial charge in [-0.05, 0) is 40.3 Å². The zero-order valence-electron chi connectivity index (χ0n) is 7.20. The van der Waals surface area contributed by atoms with Crippen LogP contribution in [0.25, 0.3) is 0 Å². The van der Waals surface area contributed by atoms with Gasteiger partial charge in [-0.1, -0.05) is 0 Å². The monoisotopic (exact) mass is 142 g/mol. The van der Waals surface area contributed by atoms with Crippen LogP contribution < -0.4 is 10.6 Å². The van der Waals surface area contributed by atoms with E-state index >= 15 is 0 Å². The maximum Gasteiger partial charge on any atom is 0.0136 e. The van der Waals surface area contributed by atoms with Gasteiger partial charge in [-0.15, -0.1) is 0 Å². The second-order valence-electron chi connectivity index (χ2n) is 3.78. The molecule has 10 heavy (non-hydrogen) atoms. The van der Waals surface area contributed by atoms with Gasteiger partial charge in [-0.3, -0.25) is 0 Å². The lowest BCUT2D eigenvalue weighted by molar-refractivity contribution is 0.265. The van der Waals surface area contributed by atoms with Gasteiger partial charge in [0, 0.05) is 11.6 Å². The molecule has 1 heterocycles. The lowest BCUT2D eigenvalue weighted by Crippen LogP contribution is -2.50. The Labute approximate surface area is 63.4 Å². The van der Waals surface area contributed by atoms with Gasteiger partial charge in [0.15, 0.2) is 0 Å². The standard InChI is InChI=1S/C8H18N2/c1-8(2,9-3)6-7-4-5-10-7/h7,9-10H,4-6H2,1-3H3. The second-order valence-corrected chi connectivity index (χ2v) is 3.78. The molecule has 0 saturated carbocycles. The fourth-order valence-electron chi connectivity index (χ4n) is 1.24. The van der Waals surface area contributed by atoms with E-state index in [4.69, 9.17) is 0 Å². The van der Waals surface area contributed by atoms with Crippen LogP contribution in [-0.2, 0) is 0 Å². The van der Waals surface area contributed by atoms with Crippen molar-refractivity contribution >= 4 is 0 Å². The van der Waals surface area contributed by atoms with E-state index < -0.39 is 0 Å². The molecule has 1 rings (SSSR count). The summed E-state index contributed by atoms with van der Waals surface area (Å²) in [6, 6.07) is 0.766. The van der Waals surface area contributed by atoms with Crippen molar-refractivity contribution in [2.75, 3.05) is 13.6 Å². The molecule has 0 amide bonds. The quantitative estimate of drug-likeness (QED) is 0.607. The first-order chi connectivity index (χ1) is 4.64. The van der Waals surface area contributed by atoms with Gasteiger partial charge >= 0.3 is 0 Å². The Morgan fingerprint density at radius 2 is 2.20 bits per heavy atom. The number of hydrogen-bond acceptors (Lipinski definition) is 2. The normalized spacial score (nSPS) is 26.1. The molecule has 1 aliphatic heterocycles. The number of nitrogens with one attached hydrogen (secondary N) is 2. The zero-order chi connectivity index (χ0) is 7.61. The van der Waals surface area contributed by atoms with E-state index in [9.17, 15) is 0 Å². The zero-order valence-corrected chi connectivity index (χ0v) is 7.20. The molecule has 1 aliphatic rings. The third kappa shape index (κ3) is 1.96. The summed E-state index contributed by atoms with van der Waals surface area (Å²) in [6.07, 6.45) is 2.59. The molecule has 0 spiro atoms. The maximum absolute atomic E-state index is 3.40. The van der Waals surface area contributed by atoms with E-state index in [1.807, 2.05) is 7.05 Å². The predicted molar refractivity (Wildman–Crippen MR) is 44.2 cm³/mol. The van der Waals surface area contributed by atoms with Crippen molar-refractivity contribution in [1.82, 2.24) is 10.6 Å². The summed E-state index contributed by atoms with van der Waals surface area (Å²) >= 11 is 0. The summed E-state index contributed by atoms with van der Waals surface area (Å²) < 4.78 is 0. The molecular formula is C8H18N2. The molecule has 1 saturated heterocycles. The van der Waals surface area contributed by atoms with Crippen molar-refractivity contribution in [2.24, 2.45) is 0 Å². The molecule has 2 N–H and O–H groups in total. The van der Waals surface area contributed by atoms with Crippen LogP contribution in [0.5, 0.6) is 0 Å². The smallest absolute Gasteiger partial charge is 0.0136 e. The Bertz CT molecular complexity index is 106. The lowest BCUT2D eigenvalue weighted by atomic mass is 9.90. The Hall–Kier alpha value is -0.0800. The molecular weight excluding hydrogens is 124 g/mol. The molecule has 0 bridgehead atoms. The summed E-state index contributed by atoms with van der Waals surface area (Å²) in [6.45, 7) is 5.70. The first-order valence-electron chi connectivity index (χ1n) is 4.06. The molecule has 1 unspecified atom stereocenters. The molecule has 0 aliphatic carbocycles. The van der Waals surface area contributed by atoms with E-state index in [0.29, 0.717) is 5.54 Å². The highest BCUT2D eigenvalue weighted by Crippen LogP contribution is 2.16. The molecule has 0 radical (unpaired) electrons. The van der Waals surface area contributed by atoms with Crippen LogP contribution in [0, 0.1) is 0 Å². The Kier molecular flexibility index (Phi) is 2.32.